The minimum atomic E-state index is -0.465. The van der Waals surface area contributed by atoms with Gasteiger partial charge in [-0.1, -0.05) is 12.1 Å². The summed E-state index contributed by atoms with van der Waals surface area (Å²) in [4.78, 5) is 0. The number of ether oxygens (including phenoxy) is 2. The lowest BCUT2D eigenvalue weighted by molar-refractivity contribution is -0.0184. The van der Waals surface area contributed by atoms with Crippen LogP contribution in [0.3, 0.4) is 0 Å². The first-order valence-electron chi connectivity index (χ1n) is 7.27. The van der Waals surface area contributed by atoms with Crippen LogP contribution in [0.2, 0.25) is 0 Å². The van der Waals surface area contributed by atoms with Crippen LogP contribution in [0.5, 0.6) is 5.75 Å². The normalized spacial score (nSPS) is 22.3. The molecule has 1 saturated heterocycles. The summed E-state index contributed by atoms with van der Waals surface area (Å²) in [5.41, 5.74) is 8.02. The standard InChI is InChI=1S/C16H25NO3/c1-11-5-6-12(8-15(11)19-2)14(9-17)16(18)13-4-3-7-20-10-13/h5-6,8,13-14,16,18H,3-4,7,9-10,17H2,1-2H3. The molecule has 1 aromatic carbocycles. The molecule has 4 nitrogen and oxygen atoms in total. The van der Waals surface area contributed by atoms with E-state index in [1.807, 2.05) is 25.1 Å². The maximum atomic E-state index is 10.6. The summed E-state index contributed by atoms with van der Waals surface area (Å²) >= 11 is 0. The van der Waals surface area contributed by atoms with Gasteiger partial charge >= 0.3 is 0 Å². The monoisotopic (exact) mass is 279 g/mol. The average molecular weight is 279 g/mol. The Kier molecular flexibility index (Phi) is 5.40. The number of aliphatic hydroxyl groups excluding tert-OH is 1. The van der Waals surface area contributed by atoms with Crippen molar-refractivity contribution in [3.63, 3.8) is 0 Å². The van der Waals surface area contributed by atoms with Crippen LogP contribution in [-0.4, -0.2) is 38.1 Å². The van der Waals surface area contributed by atoms with Crippen molar-refractivity contribution in [1.29, 1.82) is 0 Å². The summed E-state index contributed by atoms with van der Waals surface area (Å²) in [6.45, 7) is 3.85. The number of methoxy groups -OCH3 is 1. The van der Waals surface area contributed by atoms with Crippen molar-refractivity contribution in [3.8, 4) is 5.75 Å². The molecule has 112 valence electrons. The van der Waals surface area contributed by atoms with Gasteiger partial charge in [-0.05, 0) is 37.0 Å². The van der Waals surface area contributed by atoms with Gasteiger partial charge in [0.15, 0.2) is 0 Å². The van der Waals surface area contributed by atoms with E-state index in [1.165, 1.54) is 0 Å². The third kappa shape index (κ3) is 3.32. The maximum Gasteiger partial charge on any atom is 0.122 e. The van der Waals surface area contributed by atoms with Crippen LogP contribution in [0.4, 0.5) is 0 Å². The van der Waals surface area contributed by atoms with Crippen molar-refractivity contribution < 1.29 is 14.6 Å². The van der Waals surface area contributed by atoms with Crippen molar-refractivity contribution >= 4 is 0 Å². The van der Waals surface area contributed by atoms with Crippen molar-refractivity contribution in [1.82, 2.24) is 0 Å². The smallest absolute Gasteiger partial charge is 0.122 e. The summed E-state index contributed by atoms with van der Waals surface area (Å²) in [7, 11) is 1.66. The SMILES string of the molecule is COc1cc(C(CN)C(O)C2CCCOC2)ccc1C. The third-order valence-electron chi connectivity index (χ3n) is 4.20. The Hall–Kier alpha value is -1.10. The second kappa shape index (κ2) is 7.07. The van der Waals surface area contributed by atoms with E-state index in [0.29, 0.717) is 13.2 Å². The van der Waals surface area contributed by atoms with Gasteiger partial charge in [-0.3, -0.25) is 0 Å². The van der Waals surface area contributed by atoms with E-state index in [2.05, 4.69) is 0 Å². The Morgan fingerprint density at radius 1 is 1.50 bits per heavy atom. The lowest BCUT2D eigenvalue weighted by atomic mass is 9.83. The highest BCUT2D eigenvalue weighted by Gasteiger charge is 2.30. The molecule has 2 rings (SSSR count). The van der Waals surface area contributed by atoms with Crippen molar-refractivity contribution in [2.24, 2.45) is 11.7 Å². The second-order valence-electron chi connectivity index (χ2n) is 5.54. The van der Waals surface area contributed by atoms with Gasteiger partial charge in [-0.15, -0.1) is 0 Å². The van der Waals surface area contributed by atoms with Crippen LogP contribution in [0.25, 0.3) is 0 Å². The van der Waals surface area contributed by atoms with Crippen LogP contribution in [0, 0.1) is 12.8 Å². The maximum absolute atomic E-state index is 10.6. The topological polar surface area (TPSA) is 64.7 Å². The van der Waals surface area contributed by atoms with E-state index in [4.69, 9.17) is 15.2 Å². The number of rotatable bonds is 5. The molecule has 3 unspecified atom stereocenters. The van der Waals surface area contributed by atoms with E-state index in [0.717, 1.165) is 36.3 Å². The molecule has 1 fully saturated rings. The van der Waals surface area contributed by atoms with E-state index < -0.39 is 6.10 Å². The lowest BCUT2D eigenvalue weighted by Crippen LogP contribution is -2.36. The molecule has 0 aliphatic carbocycles. The fraction of sp³-hybridized carbons (Fsp3) is 0.625. The Balaban J connectivity index is 2.18. The van der Waals surface area contributed by atoms with Crippen molar-refractivity contribution in [2.45, 2.75) is 31.8 Å². The molecule has 4 heteroatoms. The summed E-state index contributed by atoms with van der Waals surface area (Å²) in [5, 5.41) is 10.6. The van der Waals surface area contributed by atoms with Crippen molar-refractivity contribution in [2.75, 3.05) is 26.9 Å². The van der Waals surface area contributed by atoms with Crippen LogP contribution in [0.15, 0.2) is 18.2 Å². The van der Waals surface area contributed by atoms with Crippen LogP contribution in [-0.2, 0) is 4.74 Å². The Bertz CT molecular complexity index is 430. The summed E-state index contributed by atoms with van der Waals surface area (Å²) < 4.78 is 10.8. The number of aryl methyl sites for hydroxylation is 1. The lowest BCUT2D eigenvalue weighted by Gasteiger charge is -2.32. The highest BCUT2D eigenvalue weighted by Crippen LogP contribution is 2.31. The number of hydrogen-bond acceptors (Lipinski definition) is 4. The van der Waals surface area contributed by atoms with Crippen molar-refractivity contribution in [3.05, 3.63) is 29.3 Å². The second-order valence-corrected chi connectivity index (χ2v) is 5.54. The fourth-order valence-corrected chi connectivity index (χ4v) is 2.90. The van der Waals surface area contributed by atoms with Gasteiger partial charge in [0.05, 0.1) is 19.8 Å². The number of nitrogens with two attached hydrogens (primary N) is 1. The Labute approximate surface area is 120 Å². The largest absolute Gasteiger partial charge is 0.496 e. The molecule has 0 spiro atoms. The Morgan fingerprint density at radius 2 is 2.30 bits per heavy atom. The zero-order valence-corrected chi connectivity index (χ0v) is 12.3. The van der Waals surface area contributed by atoms with E-state index >= 15 is 0 Å². The molecule has 0 radical (unpaired) electrons. The molecule has 1 aromatic rings. The first-order valence-corrected chi connectivity index (χ1v) is 7.27. The fourth-order valence-electron chi connectivity index (χ4n) is 2.90. The summed E-state index contributed by atoms with van der Waals surface area (Å²) in [6.07, 6.45) is 1.55. The highest BCUT2D eigenvalue weighted by atomic mass is 16.5. The molecule has 20 heavy (non-hydrogen) atoms. The van der Waals surface area contributed by atoms with Gasteiger partial charge in [0, 0.05) is 25.0 Å². The van der Waals surface area contributed by atoms with E-state index in [9.17, 15) is 5.11 Å². The first-order chi connectivity index (χ1) is 9.67. The molecule has 0 amide bonds. The molecule has 1 aliphatic heterocycles. The molecular formula is C16H25NO3. The molecule has 0 aromatic heterocycles. The third-order valence-corrected chi connectivity index (χ3v) is 4.20. The highest BCUT2D eigenvalue weighted by molar-refractivity contribution is 5.38. The minimum absolute atomic E-state index is 0.0730. The summed E-state index contributed by atoms with van der Waals surface area (Å²) in [6, 6.07) is 6.03. The van der Waals surface area contributed by atoms with Crippen LogP contribution >= 0.6 is 0 Å². The number of aliphatic hydroxyl groups is 1. The van der Waals surface area contributed by atoms with Gasteiger partial charge < -0.3 is 20.3 Å². The van der Waals surface area contributed by atoms with Gasteiger partial charge in [0.25, 0.3) is 0 Å². The van der Waals surface area contributed by atoms with Gasteiger partial charge in [0.2, 0.25) is 0 Å². The van der Waals surface area contributed by atoms with Crippen LogP contribution in [0.1, 0.15) is 29.9 Å². The molecule has 3 atom stereocenters. The molecule has 0 bridgehead atoms. The average Bonchev–Trinajstić information content (AvgIpc) is 2.50. The van der Waals surface area contributed by atoms with Crippen LogP contribution < -0.4 is 10.5 Å². The Morgan fingerprint density at radius 3 is 2.90 bits per heavy atom. The zero-order valence-electron chi connectivity index (χ0n) is 12.3. The predicted molar refractivity (Wildman–Crippen MR) is 79.1 cm³/mol. The molecule has 0 saturated carbocycles. The van der Waals surface area contributed by atoms with Gasteiger partial charge in [-0.25, -0.2) is 0 Å². The van der Waals surface area contributed by atoms with E-state index in [1.54, 1.807) is 7.11 Å². The van der Waals surface area contributed by atoms with Gasteiger partial charge in [-0.2, -0.15) is 0 Å². The number of hydrogen-bond donors (Lipinski definition) is 2. The molecule has 1 aliphatic rings. The molecular weight excluding hydrogens is 254 g/mol. The molecule has 3 N–H and O–H groups in total. The zero-order chi connectivity index (χ0) is 14.5. The quantitative estimate of drug-likeness (QED) is 0.863. The molecule has 1 heterocycles. The van der Waals surface area contributed by atoms with E-state index in [-0.39, 0.29) is 11.8 Å². The predicted octanol–water partition coefficient (Wildman–Crippen LogP) is 1.83. The first kappa shape index (κ1) is 15.3. The number of benzene rings is 1. The van der Waals surface area contributed by atoms with Gasteiger partial charge in [0.1, 0.15) is 5.75 Å². The minimum Gasteiger partial charge on any atom is -0.496 e. The summed E-state index contributed by atoms with van der Waals surface area (Å²) in [5.74, 6) is 0.939.